The minimum atomic E-state index is -0.465. The second-order valence-corrected chi connectivity index (χ2v) is 6.23. The van der Waals surface area contributed by atoms with E-state index in [1.807, 2.05) is 36.4 Å². The van der Waals surface area contributed by atoms with Crippen LogP contribution in [0.1, 0.15) is 24.2 Å². The Bertz CT molecular complexity index is 696. The summed E-state index contributed by atoms with van der Waals surface area (Å²) in [6.07, 6.45) is 1.15. The van der Waals surface area contributed by atoms with Crippen LogP contribution >= 0.6 is 0 Å². The summed E-state index contributed by atoms with van der Waals surface area (Å²) >= 11 is 0. The summed E-state index contributed by atoms with van der Waals surface area (Å²) in [5, 5.41) is 19.3. The van der Waals surface area contributed by atoms with E-state index >= 15 is 0 Å². The van der Waals surface area contributed by atoms with Gasteiger partial charge in [-0.2, -0.15) is 5.26 Å². The van der Waals surface area contributed by atoms with Crippen LogP contribution in [-0.2, 0) is 0 Å². The van der Waals surface area contributed by atoms with E-state index in [2.05, 4.69) is 27.8 Å². The highest BCUT2D eigenvalue weighted by molar-refractivity contribution is 5.42. The molecule has 0 aliphatic carbocycles. The summed E-state index contributed by atoms with van der Waals surface area (Å²) in [4.78, 5) is 8.93. The first-order valence-electron chi connectivity index (χ1n) is 8.25. The number of hydrogen-bond donors (Lipinski definition) is 1. The molecule has 1 fully saturated rings. The highest BCUT2D eigenvalue weighted by Gasteiger charge is 2.26. The Morgan fingerprint density at radius 1 is 1.25 bits per heavy atom. The second-order valence-electron chi connectivity index (χ2n) is 6.23. The lowest BCUT2D eigenvalue weighted by atomic mass is 10.1. The molecule has 124 valence electrons. The third-order valence-electron chi connectivity index (χ3n) is 4.56. The summed E-state index contributed by atoms with van der Waals surface area (Å²) in [5.74, 6) is 0.907. The van der Waals surface area contributed by atoms with Crippen molar-refractivity contribution >= 4 is 5.82 Å². The van der Waals surface area contributed by atoms with Crippen LogP contribution in [0.15, 0.2) is 48.7 Å². The van der Waals surface area contributed by atoms with Crippen molar-refractivity contribution in [2.75, 3.05) is 31.1 Å². The summed E-state index contributed by atoms with van der Waals surface area (Å²) < 4.78 is 0. The van der Waals surface area contributed by atoms with Gasteiger partial charge in [0.05, 0.1) is 11.7 Å². The largest absolute Gasteiger partial charge is 0.387 e. The number of pyridine rings is 1. The molecule has 0 saturated carbocycles. The molecule has 1 aliphatic heterocycles. The van der Waals surface area contributed by atoms with Crippen molar-refractivity contribution in [2.24, 2.45) is 0 Å². The third kappa shape index (κ3) is 3.73. The normalized spacial score (nSPS) is 19.7. The van der Waals surface area contributed by atoms with Gasteiger partial charge in [-0.15, -0.1) is 0 Å². The van der Waals surface area contributed by atoms with Crippen LogP contribution in [0.3, 0.4) is 0 Å². The maximum atomic E-state index is 10.4. The van der Waals surface area contributed by atoms with Crippen molar-refractivity contribution in [3.8, 4) is 6.07 Å². The van der Waals surface area contributed by atoms with Gasteiger partial charge in [0, 0.05) is 38.4 Å². The molecular formula is C19H22N4O. The molecule has 1 aliphatic rings. The topological polar surface area (TPSA) is 63.4 Å². The van der Waals surface area contributed by atoms with E-state index in [0.29, 0.717) is 18.2 Å². The highest BCUT2D eigenvalue weighted by Crippen LogP contribution is 2.20. The van der Waals surface area contributed by atoms with Crippen LogP contribution in [-0.4, -0.2) is 47.2 Å². The Balaban J connectivity index is 1.59. The Hall–Kier alpha value is -2.42. The fourth-order valence-electron chi connectivity index (χ4n) is 3.12. The summed E-state index contributed by atoms with van der Waals surface area (Å²) in [5.41, 5.74) is 1.54. The lowest BCUT2D eigenvalue weighted by Crippen LogP contribution is -2.53. The molecule has 0 spiro atoms. The van der Waals surface area contributed by atoms with Gasteiger partial charge in [-0.1, -0.05) is 30.3 Å². The third-order valence-corrected chi connectivity index (χ3v) is 4.56. The molecule has 0 amide bonds. The van der Waals surface area contributed by atoms with Crippen LogP contribution in [0.25, 0.3) is 0 Å². The lowest BCUT2D eigenvalue weighted by Gasteiger charge is -2.41. The second kappa shape index (κ2) is 7.43. The summed E-state index contributed by atoms with van der Waals surface area (Å²) in [6.45, 7) is 5.42. The SMILES string of the molecule is C[C@H]1CN(c2ccc(C#N)cn2)CCN1C[C@@H](O)c1ccccc1. The van der Waals surface area contributed by atoms with Gasteiger partial charge in [-0.3, -0.25) is 4.90 Å². The monoisotopic (exact) mass is 322 g/mol. The Morgan fingerprint density at radius 3 is 2.67 bits per heavy atom. The smallest absolute Gasteiger partial charge is 0.128 e. The summed E-state index contributed by atoms with van der Waals surface area (Å²) in [7, 11) is 0. The average molecular weight is 322 g/mol. The number of hydrogen-bond acceptors (Lipinski definition) is 5. The molecule has 0 bridgehead atoms. The molecule has 2 heterocycles. The molecule has 3 rings (SSSR count). The molecule has 1 aromatic heterocycles. The quantitative estimate of drug-likeness (QED) is 0.935. The van der Waals surface area contributed by atoms with E-state index in [1.165, 1.54) is 0 Å². The Labute approximate surface area is 142 Å². The zero-order valence-corrected chi connectivity index (χ0v) is 13.8. The van der Waals surface area contributed by atoms with Gasteiger partial charge in [0.1, 0.15) is 11.9 Å². The van der Waals surface area contributed by atoms with Crippen LogP contribution in [0.5, 0.6) is 0 Å². The van der Waals surface area contributed by atoms with Gasteiger partial charge in [0.25, 0.3) is 0 Å². The van der Waals surface area contributed by atoms with Crippen molar-refractivity contribution < 1.29 is 5.11 Å². The molecule has 1 N–H and O–H groups in total. The van der Waals surface area contributed by atoms with Crippen LogP contribution < -0.4 is 4.90 Å². The standard InChI is InChI=1S/C19H22N4O/c1-15-13-23(19-8-7-16(11-20)12-21-19)10-9-22(15)14-18(24)17-5-3-2-4-6-17/h2-8,12,15,18,24H,9-10,13-14H2,1H3/t15-,18+/m0/s1. The number of benzene rings is 1. The number of rotatable bonds is 4. The molecule has 1 aromatic carbocycles. The predicted molar refractivity (Wildman–Crippen MR) is 93.6 cm³/mol. The zero-order chi connectivity index (χ0) is 16.9. The molecule has 0 radical (unpaired) electrons. The van der Waals surface area contributed by atoms with Gasteiger partial charge in [-0.25, -0.2) is 4.98 Å². The van der Waals surface area contributed by atoms with Crippen molar-refractivity contribution in [3.05, 3.63) is 59.8 Å². The van der Waals surface area contributed by atoms with Crippen molar-refractivity contribution in [3.63, 3.8) is 0 Å². The number of anilines is 1. The molecule has 2 atom stereocenters. The maximum absolute atomic E-state index is 10.4. The number of aliphatic hydroxyl groups excluding tert-OH is 1. The van der Waals surface area contributed by atoms with Crippen molar-refractivity contribution in [1.82, 2.24) is 9.88 Å². The first kappa shape index (κ1) is 16.4. The van der Waals surface area contributed by atoms with Crippen LogP contribution in [0, 0.1) is 11.3 Å². The van der Waals surface area contributed by atoms with E-state index < -0.39 is 6.10 Å². The van der Waals surface area contributed by atoms with Crippen LogP contribution in [0.2, 0.25) is 0 Å². The molecule has 5 nitrogen and oxygen atoms in total. The van der Waals surface area contributed by atoms with Gasteiger partial charge in [0.2, 0.25) is 0 Å². The fourth-order valence-corrected chi connectivity index (χ4v) is 3.12. The number of nitrogens with zero attached hydrogens (tertiary/aromatic N) is 4. The molecule has 5 heteroatoms. The fraction of sp³-hybridized carbons (Fsp3) is 0.368. The van der Waals surface area contributed by atoms with Gasteiger partial charge < -0.3 is 10.0 Å². The first-order valence-corrected chi connectivity index (χ1v) is 8.25. The number of nitriles is 1. The minimum Gasteiger partial charge on any atom is -0.387 e. The Morgan fingerprint density at radius 2 is 2.04 bits per heavy atom. The van der Waals surface area contributed by atoms with Crippen LogP contribution in [0.4, 0.5) is 5.82 Å². The van der Waals surface area contributed by atoms with E-state index in [4.69, 9.17) is 5.26 Å². The van der Waals surface area contributed by atoms with Crippen molar-refractivity contribution in [1.29, 1.82) is 5.26 Å². The van der Waals surface area contributed by atoms with Gasteiger partial charge in [-0.05, 0) is 24.6 Å². The number of piperazine rings is 1. The van der Waals surface area contributed by atoms with Gasteiger partial charge >= 0.3 is 0 Å². The van der Waals surface area contributed by atoms with E-state index in [0.717, 1.165) is 31.0 Å². The minimum absolute atomic E-state index is 0.328. The average Bonchev–Trinajstić information content (AvgIpc) is 2.64. The highest BCUT2D eigenvalue weighted by atomic mass is 16.3. The number of aliphatic hydroxyl groups is 1. The van der Waals surface area contributed by atoms with E-state index in [9.17, 15) is 5.11 Å². The Kier molecular flexibility index (Phi) is 5.09. The van der Waals surface area contributed by atoms with Gasteiger partial charge in [0.15, 0.2) is 0 Å². The first-order chi connectivity index (χ1) is 11.7. The molecule has 0 unspecified atom stereocenters. The molecular weight excluding hydrogens is 300 g/mol. The molecule has 1 saturated heterocycles. The summed E-state index contributed by atoms with van der Waals surface area (Å²) in [6, 6.07) is 15.9. The molecule has 24 heavy (non-hydrogen) atoms. The van der Waals surface area contributed by atoms with E-state index in [-0.39, 0.29) is 0 Å². The van der Waals surface area contributed by atoms with Crippen molar-refractivity contribution in [2.45, 2.75) is 19.1 Å². The van der Waals surface area contributed by atoms with E-state index in [1.54, 1.807) is 12.3 Å². The number of aromatic nitrogens is 1. The predicted octanol–water partition coefficient (Wildman–Crippen LogP) is 2.20. The maximum Gasteiger partial charge on any atom is 0.128 e. The number of β-amino-alcohol motifs (C(OH)–C–C–N with tert-alkyl or cyclic N) is 1. The molecule has 2 aromatic rings. The lowest BCUT2D eigenvalue weighted by molar-refractivity contribution is 0.0848. The zero-order valence-electron chi connectivity index (χ0n) is 13.8.